The van der Waals surface area contributed by atoms with Gasteiger partial charge in [-0.15, -0.1) is 0 Å². The quantitative estimate of drug-likeness (QED) is 0.777. The van der Waals surface area contributed by atoms with Crippen LogP contribution in [0.4, 0.5) is 0 Å². The van der Waals surface area contributed by atoms with Crippen molar-refractivity contribution in [3.8, 4) is 0 Å². The Morgan fingerprint density at radius 3 is 2.68 bits per heavy atom. The maximum absolute atomic E-state index is 4.78. The van der Waals surface area contributed by atoms with Crippen LogP contribution in [0.15, 0.2) is 18.2 Å². The van der Waals surface area contributed by atoms with Crippen molar-refractivity contribution < 1.29 is 0 Å². The van der Waals surface area contributed by atoms with Gasteiger partial charge in [0.15, 0.2) is 0 Å². The molecule has 0 unspecified atom stereocenters. The van der Waals surface area contributed by atoms with Gasteiger partial charge in [0.25, 0.3) is 0 Å². The molecule has 3 rings (SSSR count). The highest BCUT2D eigenvalue weighted by atomic mass is 15.1. The van der Waals surface area contributed by atoms with Crippen molar-refractivity contribution in [1.82, 2.24) is 15.2 Å². The number of aromatic nitrogens is 1. The molecule has 0 atom stereocenters. The van der Waals surface area contributed by atoms with Crippen molar-refractivity contribution in [3.63, 3.8) is 0 Å². The van der Waals surface area contributed by atoms with Gasteiger partial charge in [-0.3, -0.25) is 9.88 Å². The predicted octanol–water partition coefficient (Wildman–Crippen LogP) is 2.57. The number of rotatable bonds is 8. The summed E-state index contributed by atoms with van der Waals surface area (Å²) in [6.45, 7) is 6.56. The third-order valence-electron chi connectivity index (χ3n) is 4.06. The van der Waals surface area contributed by atoms with Crippen LogP contribution in [0.3, 0.4) is 0 Å². The van der Waals surface area contributed by atoms with Gasteiger partial charge in [-0.25, -0.2) is 0 Å². The number of pyridine rings is 1. The van der Waals surface area contributed by atoms with Crippen LogP contribution in [0.1, 0.15) is 44.0 Å². The number of nitrogens with zero attached hydrogens (tertiary/aromatic N) is 2. The van der Waals surface area contributed by atoms with Gasteiger partial charge in [0.05, 0.1) is 11.4 Å². The molecule has 19 heavy (non-hydrogen) atoms. The van der Waals surface area contributed by atoms with Crippen molar-refractivity contribution >= 4 is 0 Å². The molecular weight excluding hydrogens is 234 g/mol. The van der Waals surface area contributed by atoms with Gasteiger partial charge in [-0.05, 0) is 50.3 Å². The molecule has 0 aromatic carbocycles. The van der Waals surface area contributed by atoms with Crippen LogP contribution in [-0.2, 0) is 13.1 Å². The Kier molecular flexibility index (Phi) is 4.14. The first-order valence-corrected chi connectivity index (χ1v) is 7.74. The van der Waals surface area contributed by atoms with Crippen LogP contribution in [0.2, 0.25) is 0 Å². The number of hydrogen-bond donors (Lipinski definition) is 1. The number of nitrogens with one attached hydrogen (secondary N) is 1. The summed E-state index contributed by atoms with van der Waals surface area (Å²) in [5.74, 6) is 0.958. The fourth-order valence-corrected chi connectivity index (χ4v) is 2.45. The van der Waals surface area contributed by atoms with E-state index in [9.17, 15) is 0 Å². The minimum atomic E-state index is 0.757. The van der Waals surface area contributed by atoms with Crippen LogP contribution < -0.4 is 5.32 Å². The van der Waals surface area contributed by atoms with Crippen molar-refractivity contribution in [2.24, 2.45) is 5.92 Å². The summed E-state index contributed by atoms with van der Waals surface area (Å²) in [5.41, 5.74) is 2.41. The predicted molar refractivity (Wildman–Crippen MR) is 77.8 cm³/mol. The van der Waals surface area contributed by atoms with E-state index >= 15 is 0 Å². The molecule has 0 radical (unpaired) electrons. The molecule has 2 aliphatic carbocycles. The maximum atomic E-state index is 4.78. The highest BCUT2D eigenvalue weighted by Crippen LogP contribution is 2.30. The molecule has 2 fully saturated rings. The SMILES string of the molecule is CCN(Cc1cccc(CNC2CC2)n1)CC1CC1. The Labute approximate surface area is 116 Å². The van der Waals surface area contributed by atoms with E-state index in [1.807, 2.05) is 0 Å². The van der Waals surface area contributed by atoms with E-state index in [2.05, 4.69) is 35.3 Å². The molecule has 1 N–H and O–H groups in total. The Morgan fingerprint density at radius 2 is 2.00 bits per heavy atom. The van der Waals surface area contributed by atoms with Crippen molar-refractivity contribution in [2.45, 2.75) is 51.7 Å². The molecule has 1 aromatic rings. The van der Waals surface area contributed by atoms with Crippen LogP contribution in [0.5, 0.6) is 0 Å². The highest BCUT2D eigenvalue weighted by Gasteiger charge is 2.24. The molecule has 2 aliphatic rings. The van der Waals surface area contributed by atoms with Gasteiger partial charge in [-0.1, -0.05) is 13.0 Å². The summed E-state index contributed by atoms with van der Waals surface area (Å²) in [6.07, 6.45) is 5.53. The molecule has 1 aromatic heterocycles. The lowest BCUT2D eigenvalue weighted by atomic mass is 10.2. The van der Waals surface area contributed by atoms with Crippen molar-refractivity contribution in [1.29, 1.82) is 0 Å². The van der Waals surface area contributed by atoms with E-state index in [1.165, 1.54) is 43.6 Å². The van der Waals surface area contributed by atoms with Crippen molar-refractivity contribution in [2.75, 3.05) is 13.1 Å². The van der Waals surface area contributed by atoms with E-state index in [4.69, 9.17) is 4.98 Å². The molecule has 0 bridgehead atoms. The van der Waals surface area contributed by atoms with Crippen LogP contribution in [0, 0.1) is 5.92 Å². The molecule has 3 nitrogen and oxygen atoms in total. The van der Waals surface area contributed by atoms with Gasteiger partial charge >= 0.3 is 0 Å². The first kappa shape index (κ1) is 13.1. The minimum absolute atomic E-state index is 0.757. The summed E-state index contributed by atoms with van der Waals surface area (Å²) in [6, 6.07) is 7.20. The van der Waals surface area contributed by atoms with Gasteiger partial charge in [0.1, 0.15) is 0 Å². The molecule has 2 saturated carbocycles. The van der Waals surface area contributed by atoms with E-state index in [0.29, 0.717) is 0 Å². The zero-order valence-electron chi connectivity index (χ0n) is 11.9. The fraction of sp³-hybridized carbons (Fsp3) is 0.688. The fourth-order valence-electron chi connectivity index (χ4n) is 2.45. The summed E-state index contributed by atoms with van der Waals surface area (Å²) in [5, 5.41) is 3.53. The Hall–Kier alpha value is -0.930. The van der Waals surface area contributed by atoms with Gasteiger partial charge in [0.2, 0.25) is 0 Å². The zero-order valence-corrected chi connectivity index (χ0v) is 11.9. The topological polar surface area (TPSA) is 28.2 Å². The number of hydrogen-bond acceptors (Lipinski definition) is 3. The van der Waals surface area contributed by atoms with E-state index in [1.54, 1.807) is 0 Å². The summed E-state index contributed by atoms with van der Waals surface area (Å²) < 4.78 is 0. The Balaban J connectivity index is 1.54. The average molecular weight is 259 g/mol. The smallest absolute Gasteiger partial charge is 0.0547 e. The molecule has 0 saturated heterocycles. The van der Waals surface area contributed by atoms with Gasteiger partial charge in [0, 0.05) is 25.7 Å². The minimum Gasteiger partial charge on any atom is -0.308 e. The Morgan fingerprint density at radius 1 is 1.21 bits per heavy atom. The third-order valence-corrected chi connectivity index (χ3v) is 4.06. The van der Waals surface area contributed by atoms with Gasteiger partial charge < -0.3 is 5.32 Å². The monoisotopic (exact) mass is 259 g/mol. The van der Waals surface area contributed by atoms with Crippen LogP contribution in [-0.4, -0.2) is 29.0 Å². The first-order chi connectivity index (χ1) is 9.33. The second-order valence-electron chi connectivity index (χ2n) is 6.05. The normalized spacial score (nSPS) is 19.1. The molecule has 0 aliphatic heterocycles. The Bertz CT molecular complexity index is 410. The van der Waals surface area contributed by atoms with Crippen molar-refractivity contribution in [3.05, 3.63) is 29.6 Å². The summed E-state index contributed by atoms with van der Waals surface area (Å²) in [4.78, 5) is 7.31. The lowest BCUT2D eigenvalue weighted by molar-refractivity contribution is 0.265. The van der Waals surface area contributed by atoms with E-state index in [-0.39, 0.29) is 0 Å². The molecule has 104 valence electrons. The molecular formula is C16H25N3. The maximum Gasteiger partial charge on any atom is 0.0547 e. The summed E-state index contributed by atoms with van der Waals surface area (Å²) in [7, 11) is 0. The molecule has 0 spiro atoms. The first-order valence-electron chi connectivity index (χ1n) is 7.74. The molecule has 1 heterocycles. The lowest BCUT2D eigenvalue weighted by Crippen LogP contribution is -2.26. The third kappa shape index (κ3) is 4.29. The second-order valence-corrected chi connectivity index (χ2v) is 6.05. The average Bonchev–Trinajstić information content (AvgIpc) is 3.30. The van der Waals surface area contributed by atoms with Gasteiger partial charge in [-0.2, -0.15) is 0 Å². The largest absolute Gasteiger partial charge is 0.308 e. The second kappa shape index (κ2) is 6.02. The highest BCUT2D eigenvalue weighted by molar-refractivity contribution is 5.11. The van der Waals surface area contributed by atoms with Crippen LogP contribution in [0.25, 0.3) is 0 Å². The van der Waals surface area contributed by atoms with E-state index < -0.39 is 0 Å². The molecule has 0 amide bonds. The van der Waals surface area contributed by atoms with Crippen LogP contribution >= 0.6 is 0 Å². The molecule has 3 heteroatoms. The lowest BCUT2D eigenvalue weighted by Gasteiger charge is -2.19. The zero-order chi connectivity index (χ0) is 13.1. The van der Waals surface area contributed by atoms with E-state index in [0.717, 1.165) is 31.6 Å². The summed E-state index contributed by atoms with van der Waals surface area (Å²) >= 11 is 0. The standard InChI is InChI=1S/C16H25N3/c1-2-19(11-13-6-7-13)12-16-5-3-4-15(18-16)10-17-14-8-9-14/h3-5,13-14,17H,2,6-12H2,1H3.